The predicted molar refractivity (Wildman–Crippen MR) is 126 cm³/mol. The summed E-state index contributed by atoms with van der Waals surface area (Å²) < 4.78 is 0. The van der Waals surface area contributed by atoms with Crippen LogP contribution >= 0.6 is 34.9 Å². The third-order valence-electron chi connectivity index (χ3n) is 4.92. The average Bonchev–Trinajstić information content (AvgIpc) is 3.51. The number of nitrogens with zero attached hydrogens (tertiary/aromatic N) is 4. The molecule has 7 nitrogen and oxygen atoms in total. The highest BCUT2D eigenvalue weighted by molar-refractivity contribution is 8.19. The second kappa shape index (κ2) is 8.29. The number of carbonyl (C=O) groups excluding carboxylic acids is 1. The number of hydrogen-bond donors (Lipinski definition) is 2. The van der Waals surface area contributed by atoms with Gasteiger partial charge in [-0.15, -0.1) is 11.3 Å². The number of nitrogens with one attached hydrogen (secondary N) is 2. The Bertz CT molecular complexity index is 1100. The van der Waals surface area contributed by atoms with Crippen LogP contribution in [0.25, 0.3) is 17.3 Å². The van der Waals surface area contributed by atoms with Crippen molar-refractivity contribution < 1.29 is 4.79 Å². The molecule has 2 saturated heterocycles. The van der Waals surface area contributed by atoms with Gasteiger partial charge < -0.3 is 4.90 Å². The van der Waals surface area contributed by atoms with Crippen molar-refractivity contribution in [2.24, 2.45) is 0 Å². The largest absolute Gasteiger partial charge is 0.370 e. The summed E-state index contributed by atoms with van der Waals surface area (Å²) >= 11 is 4.48. The SMILES string of the molecule is N=C1SC(=Cc2cn[nH]c2-c2ccc(N3CCSCC3)cc2)C(=O)N1c1nccs1. The van der Waals surface area contributed by atoms with Crippen LogP contribution in [0.3, 0.4) is 0 Å². The number of benzene rings is 1. The Morgan fingerprint density at radius 1 is 1.17 bits per heavy atom. The van der Waals surface area contributed by atoms with Crippen LogP contribution in [0.2, 0.25) is 0 Å². The molecule has 0 saturated carbocycles. The van der Waals surface area contributed by atoms with Gasteiger partial charge in [-0.3, -0.25) is 15.3 Å². The summed E-state index contributed by atoms with van der Waals surface area (Å²) in [6.07, 6.45) is 5.14. The molecule has 0 aliphatic carbocycles. The number of anilines is 2. The summed E-state index contributed by atoms with van der Waals surface area (Å²) in [5, 5.41) is 17.9. The number of aromatic amines is 1. The first kappa shape index (κ1) is 19.4. The van der Waals surface area contributed by atoms with Gasteiger partial charge in [0.2, 0.25) is 0 Å². The molecule has 0 bridgehead atoms. The molecule has 0 radical (unpaired) electrons. The van der Waals surface area contributed by atoms with Gasteiger partial charge in [-0.05, 0) is 30.0 Å². The molecule has 5 rings (SSSR count). The van der Waals surface area contributed by atoms with Crippen molar-refractivity contribution >= 4 is 62.8 Å². The molecular weight excluding hydrogens is 436 g/mol. The molecule has 2 aliphatic rings. The zero-order valence-electron chi connectivity index (χ0n) is 15.9. The van der Waals surface area contributed by atoms with E-state index in [-0.39, 0.29) is 11.1 Å². The molecule has 0 spiro atoms. The number of thioether (sulfide) groups is 2. The van der Waals surface area contributed by atoms with E-state index in [1.54, 1.807) is 23.8 Å². The van der Waals surface area contributed by atoms with Crippen LogP contribution in [-0.2, 0) is 4.79 Å². The predicted octanol–water partition coefficient (Wildman–Crippen LogP) is 4.14. The fourth-order valence-corrected chi connectivity index (χ4v) is 5.86. The third kappa shape index (κ3) is 3.66. The smallest absolute Gasteiger partial charge is 0.273 e. The lowest BCUT2D eigenvalue weighted by Gasteiger charge is -2.28. The molecule has 2 aliphatic heterocycles. The molecule has 2 N–H and O–H groups in total. The number of amidine groups is 1. The zero-order valence-corrected chi connectivity index (χ0v) is 18.3. The van der Waals surface area contributed by atoms with Crippen molar-refractivity contribution in [2.45, 2.75) is 0 Å². The summed E-state index contributed by atoms with van der Waals surface area (Å²) in [5.74, 6) is 2.10. The van der Waals surface area contributed by atoms with Crippen LogP contribution in [0.5, 0.6) is 0 Å². The first-order valence-electron chi connectivity index (χ1n) is 9.39. The summed E-state index contributed by atoms with van der Waals surface area (Å²) in [6.45, 7) is 2.15. The zero-order chi connectivity index (χ0) is 20.5. The molecule has 4 heterocycles. The number of aromatic nitrogens is 3. The molecule has 152 valence electrons. The number of thiazole rings is 1. The Hall–Kier alpha value is -2.56. The molecule has 2 fully saturated rings. The Labute approximate surface area is 186 Å². The van der Waals surface area contributed by atoms with E-state index in [2.05, 4.69) is 44.3 Å². The maximum Gasteiger partial charge on any atom is 0.273 e. The van der Waals surface area contributed by atoms with Gasteiger partial charge in [0.1, 0.15) is 0 Å². The second-order valence-corrected chi connectivity index (χ2v) is 9.85. The van der Waals surface area contributed by atoms with E-state index in [1.165, 1.54) is 33.4 Å². The summed E-state index contributed by atoms with van der Waals surface area (Å²) in [5.41, 5.74) is 3.92. The van der Waals surface area contributed by atoms with Crippen LogP contribution < -0.4 is 9.80 Å². The van der Waals surface area contributed by atoms with E-state index in [0.29, 0.717) is 10.0 Å². The number of amides is 1. The lowest BCUT2D eigenvalue weighted by Crippen LogP contribution is -2.32. The minimum atomic E-state index is -0.231. The Morgan fingerprint density at radius 3 is 2.70 bits per heavy atom. The third-order valence-corrected chi connectivity index (χ3v) is 7.51. The van der Waals surface area contributed by atoms with Gasteiger partial charge in [0.05, 0.1) is 16.8 Å². The van der Waals surface area contributed by atoms with Crippen LogP contribution in [0, 0.1) is 5.41 Å². The molecule has 0 unspecified atom stereocenters. The van der Waals surface area contributed by atoms with Gasteiger partial charge in [0.15, 0.2) is 10.3 Å². The average molecular weight is 455 g/mol. The molecule has 1 amide bonds. The maximum absolute atomic E-state index is 12.8. The van der Waals surface area contributed by atoms with E-state index >= 15 is 0 Å². The van der Waals surface area contributed by atoms with E-state index < -0.39 is 0 Å². The quantitative estimate of drug-likeness (QED) is 0.576. The fourth-order valence-electron chi connectivity index (χ4n) is 3.42. The van der Waals surface area contributed by atoms with Crippen molar-refractivity contribution in [3.63, 3.8) is 0 Å². The lowest BCUT2D eigenvalue weighted by atomic mass is 10.1. The summed E-state index contributed by atoms with van der Waals surface area (Å²) in [6, 6.07) is 8.44. The van der Waals surface area contributed by atoms with Crippen LogP contribution in [0.15, 0.2) is 46.9 Å². The van der Waals surface area contributed by atoms with Gasteiger partial charge in [-0.25, -0.2) is 9.88 Å². The highest BCUT2D eigenvalue weighted by Gasteiger charge is 2.35. The number of carbonyl (C=O) groups is 1. The van der Waals surface area contributed by atoms with E-state index in [0.717, 1.165) is 41.7 Å². The highest BCUT2D eigenvalue weighted by Crippen LogP contribution is 2.37. The van der Waals surface area contributed by atoms with Crippen LogP contribution in [0.1, 0.15) is 5.56 Å². The number of hydrogen-bond acceptors (Lipinski definition) is 8. The molecule has 10 heteroatoms. The van der Waals surface area contributed by atoms with Gasteiger partial charge in [-0.2, -0.15) is 16.9 Å². The first-order chi connectivity index (χ1) is 14.7. The van der Waals surface area contributed by atoms with Crippen molar-refractivity contribution in [2.75, 3.05) is 34.4 Å². The van der Waals surface area contributed by atoms with E-state index in [9.17, 15) is 4.79 Å². The van der Waals surface area contributed by atoms with Gasteiger partial charge >= 0.3 is 0 Å². The topological polar surface area (TPSA) is 89.0 Å². The highest BCUT2D eigenvalue weighted by atomic mass is 32.2. The Morgan fingerprint density at radius 2 is 1.97 bits per heavy atom. The van der Waals surface area contributed by atoms with Crippen LogP contribution in [-0.4, -0.2) is 50.9 Å². The van der Waals surface area contributed by atoms with Crippen molar-refractivity contribution in [3.8, 4) is 11.3 Å². The molecule has 30 heavy (non-hydrogen) atoms. The van der Waals surface area contributed by atoms with E-state index in [4.69, 9.17) is 5.41 Å². The molecule has 3 aromatic rings. The molecule has 2 aromatic heterocycles. The summed E-state index contributed by atoms with van der Waals surface area (Å²) in [7, 11) is 0. The minimum Gasteiger partial charge on any atom is -0.370 e. The first-order valence-corrected chi connectivity index (χ1v) is 12.2. The molecule has 0 atom stereocenters. The Kier molecular flexibility index (Phi) is 5.36. The minimum absolute atomic E-state index is 0.162. The van der Waals surface area contributed by atoms with Crippen molar-refractivity contribution in [3.05, 3.63) is 52.5 Å². The van der Waals surface area contributed by atoms with Gasteiger partial charge in [-0.1, -0.05) is 12.1 Å². The standard InChI is InChI=1S/C20H18N6OS3/c21-19-26(20-22-5-8-29-20)18(27)16(30-19)11-14-12-23-24-17(14)13-1-3-15(4-2-13)25-6-9-28-10-7-25/h1-5,8,11-12,21H,6-7,9-10H2,(H,23,24). The lowest BCUT2D eigenvalue weighted by molar-refractivity contribution is -0.113. The fraction of sp³-hybridized carbons (Fsp3) is 0.200. The van der Waals surface area contributed by atoms with Crippen molar-refractivity contribution in [1.82, 2.24) is 15.2 Å². The number of H-pyrrole nitrogens is 1. The maximum atomic E-state index is 12.8. The molecular formula is C20H18N6OS3. The summed E-state index contributed by atoms with van der Waals surface area (Å²) in [4.78, 5) is 21.2. The normalized spacial score (nSPS) is 18.6. The van der Waals surface area contributed by atoms with Crippen LogP contribution in [0.4, 0.5) is 10.8 Å². The van der Waals surface area contributed by atoms with Crippen molar-refractivity contribution in [1.29, 1.82) is 5.41 Å². The van der Waals surface area contributed by atoms with Gasteiger partial charge in [0, 0.05) is 53.0 Å². The molecule has 1 aromatic carbocycles. The number of rotatable bonds is 4. The van der Waals surface area contributed by atoms with E-state index in [1.807, 2.05) is 11.8 Å². The van der Waals surface area contributed by atoms with Gasteiger partial charge in [0.25, 0.3) is 5.91 Å². The second-order valence-electron chi connectivity index (χ2n) is 6.72. The Balaban J connectivity index is 1.40. The monoisotopic (exact) mass is 454 g/mol.